The normalized spacial score (nSPS) is 19.2. The topological polar surface area (TPSA) is 130 Å². The zero-order valence-corrected chi connectivity index (χ0v) is 19.1. The van der Waals surface area contributed by atoms with Crippen LogP contribution < -0.4 is 4.72 Å². The highest BCUT2D eigenvalue weighted by Crippen LogP contribution is 2.39. The molecule has 1 aromatic rings. The molecule has 10 nitrogen and oxygen atoms in total. The van der Waals surface area contributed by atoms with E-state index in [1.165, 1.54) is 36.1 Å². The standard InChI is InChI=1S/C21H27N3O7S/c1-14(18(26)15-7-9-16(10-8-15)22-32(3,29)30)31-17(25)13-24-19(27)21(23(2)20(24)28)11-5-4-6-12-21/h7-10,14,22H,4-6,11-13H2,1-3H3. The fraction of sp³-hybridized carbons (Fsp3) is 0.524. The molecule has 0 bridgehead atoms. The summed E-state index contributed by atoms with van der Waals surface area (Å²) in [5.41, 5.74) is -0.377. The van der Waals surface area contributed by atoms with Crippen molar-refractivity contribution >= 4 is 39.4 Å². The lowest BCUT2D eigenvalue weighted by atomic mass is 9.81. The number of ether oxygens (including phenoxy) is 1. The highest BCUT2D eigenvalue weighted by Gasteiger charge is 2.56. The Labute approximate surface area is 186 Å². The van der Waals surface area contributed by atoms with Crippen LogP contribution in [0.25, 0.3) is 0 Å². The number of imide groups is 1. The molecule has 2 aliphatic rings. The van der Waals surface area contributed by atoms with Crippen LogP contribution in [0.15, 0.2) is 24.3 Å². The van der Waals surface area contributed by atoms with Crippen molar-refractivity contribution in [3.8, 4) is 0 Å². The molecule has 1 atom stereocenters. The number of esters is 1. The number of hydrogen-bond donors (Lipinski definition) is 1. The number of rotatable bonds is 7. The van der Waals surface area contributed by atoms with Crippen molar-refractivity contribution in [3.05, 3.63) is 29.8 Å². The van der Waals surface area contributed by atoms with Gasteiger partial charge in [-0.15, -0.1) is 0 Å². The first kappa shape index (κ1) is 23.7. The van der Waals surface area contributed by atoms with E-state index in [9.17, 15) is 27.6 Å². The first-order valence-electron chi connectivity index (χ1n) is 10.4. The number of carbonyl (C=O) groups is 4. The molecule has 1 aliphatic heterocycles. The molecule has 3 amide bonds. The van der Waals surface area contributed by atoms with Gasteiger partial charge in [0.15, 0.2) is 6.10 Å². The van der Waals surface area contributed by atoms with Crippen LogP contribution in [0.2, 0.25) is 0 Å². The first-order chi connectivity index (χ1) is 14.9. The molecule has 2 fully saturated rings. The Morgan fingerprint density at radius 3 is 2.28 bits per heavy atom. The smallest absolute Gasteiger partial charge is 0.327 e. The number of carbonyl (C=O) groups excluding carboxylic acids is 4. The second kappa shape index (κ2) is 8.89. The highest BCUT2D eigenvalue weighted by atomic mass is 32.2. The fourth-order valence-electron chi connectivity index (χ4n) is 4.24. The Morgan fingerprint density at radius 1 is 1.12 bits per heavy atom. The molecule has 0 aromatic heterocycles. The van der Waals surface area contributed by atoms with Crippen LogP contribution in [-0.2, 0) is 24.3 Å². The second-order valence-electron chi connectivity index (χ2n) is 8.27. The van der Waals surface area contributed by atoms with Crippen molar-refractivity contribution in [1.29, 1.82) is 0 Å². The zero-order valence-electron chi connectivity index (χ0n) is 18.3. The number of anilines is 1. The largest absolute Gasteiger partial charge is 0.453 e. The van der Waals surface area contributed by atoms with Gasteiger partial charge in [-0.1, -0.05) is 19.3 Å². The zero-order chi connectivity index (χ0) is 23.7. The summed E-state index contributed by atoms with van der Waals surface area (Å²) in [6, 6.07) is 5.13. The number of nitrogens with one attached hydrogen (secondary N) is 1. The Bertz CT molecular complexity index is 1030. The van der Waals surface area contributed by atoms with Gasteiger partial charge in [0.1, 0.15) is 12.1 Å². The number of hydrogen-bond acceptors (Lipinski definition) is 7. The van der Waals surface area contributed by atoms with Crippen molar-refractivity contribution in [2.75, 3.05) is 24.6 Å². The molecule has 3 rings (SSSR count). The first-order valence-corrected chi connectivity index (χ1v) is 12.2. The van der Waals surface area contributed by atoms with E-state index in [4.69, 9.17) is 4.74 Å². The van der Waals surface area contributed by atoms with Crippen molar-refractivity contribution in [2.45, 2.75) is 50.7 Å². The second-order valence-corrected chi connectivity index (χ2v) is 10.0. The summed E-state index contributed by atoms with van der Waals surface area (Å²) in [6.07, 6.45) is 3.68. The number of ketones is 1. The molecule has 1 spiro atoms. The van der Waals surface area contributed by atoms with Crippen LogP contribution in [0.1, 0.15) is 49.4 Å². The molecule has 1 N–H and O–H groups in total. The summed E-state index contributed by atoms with van der Waals surface area (Å²) >= 11 is 0. The van der Waals surface area contributed by atoms with Crippen LogP contribution in [0, 0.1) is 0 Å². The van der Waals surface area contributed by atoms with Gasteiger partial charge in [-0.05, 0) is 44.0 Å². The summed E-state index contributed by atoms with van der Waals surface area (Å²) in [4.78, 5) is 52.8. The van der Waals surface area contributed by atoms with E-state index in [1.807, 2.05) is 0 Å². The third-order valence-corrected chi connectivity index (χ3v) is 6.53. The van der Waals surface area contributed by atoms with Crippen molar-refractivity contribution in [2.24, 2.45) is 0 Å². The van der Waals surface area contributed by atoms with Crippen LogP contribution in [0.3, 0.4) is 0 Å². The van der Waals surface area contributed by atoms with Crippen LogP contribution in [-0.4, -0.2) is 73.4 Å². The molecule has 1 unspecified atom stereocenters. The van der Waals surface area contributed by atoms with Crippen LogP contribution in [0.5, 0.6) is 0 Å². The minimum atomic E-state index is -3.44. The quantitative estimate of drug-likeness (QED) is 0.369. The summed E-state index contributed by atoms with van der Waals surface area (Å²) in [5, 5.41) is 0. The van der Waals surface area contributed by atoms with Gasteiger partial charge in [0, 0.05) is 18.3 Å². The van der Waals surface area contributed by atoms with Crippen LogP contribution in [0.4, 0.5) is 10.5 Å². The maximum Gasteiger partial charge on any atom is 0.327 e. The molecule has 11 heteroatoms. The minimum Gasteiger partial charge on any atom is -0.453 e. The number of sulfonamides is 1. The molecule has 1 saturated carbocycles. The number of likely N-dealkylation sites (N-methyl/N-ethyl adjacent to an activating group) is 1. The van der Waals surface area contributed by atoms with E-state index in [0.29, 0.717) is 18.5 Å². The van der Waals surface area contributed by atoms with Gasteiger partial charge in [0.05, 0.1) is 6.26 Å². The van der Waals surface area contributed by atoms with Crippen LogP contribution >= 0.6 is 0 Å². The lowest BCUT2D eigenvalue weighted by Gasteiger charge is -2.35. The van der Waals surface area contributed by atoms with Gasteiger partial charge in [-0.25, -0.2) is 13.2 Å². The average Bonchev–Trinajstić information content (AvgIpc) is 2.89. The molecule has 0 radical (unpaired) electrons. The predicted octanol–water partition coefficient (Wildman–Crippen LogP) is 1.77. The summed E-state index contributed by atoms with van der Waals surface area (Å²) in [6.45, 7) is 0.837. The molecule has 32 heavy (non-hydrogen) atoms. The number of Topliss-reactive ketones (excluding diaryl/α,β-unsaturated/α-hetero) is 1. The van der Waals surface area contributed by atoms with Gasteiger partial charge in [-0.2, -0.15) is 0 Å². The summed E-state index contributed by atoms with van der Waals surface area (Å²) in [5.74, 6) is -1.75. The highest BCUT2D eigenvalue weighted by molar-refractivity contribution is 7.92. The maximum absolute atomic E-state index is 13.0. The monoisotopic (exact) mass is 465 g/mol. The predicted molar refractivity (Wildman–Crippen MR) is 115 cm³/mol. The van der Waals surface area contributed by atoms with E-state index in [-0.39, 0.29) is 5.56 Å². The molecular formula is C21H27N3O7S. The Morgan fingerprint density at radius 2 is 1.72 bits per heavy atom. The third kappa shape index (κ3) is 4.77. The minimum absolute atomic E-state index is 0.221. The van der Waals surface area contributed by atoms with Gasteiger partial charge in [0.2, 0.25) is 15.8 Å². The van der Waals surface area contributed by atoms with Gasteiger partial charge >= 0.3 is 12.0 Å². The average molecular weight is 466 g/mol. The molecule has 1 aromatic carbocycles. The lowest BCUT2D eigenvalue weighted by molar-refractivity contribution is -0.150. The van der Waals surface area contributed by atoms with Crippen molar-refractivity contribution < 1.29 is 32.3 Å². The molecule has 174 valence electrons. The number of amides is 3. The Hall–Kier alpha value is -2.95. The lowest BCUT2D eigenvalue weighted by Crippen LogP contribution is -2.49. The van der Waals surface area contributed by atoms with E-state index >= 15 is 0 Å². The van der Waals surface area contributed by atoms with Gasteiger partial charge < -0.3 is 9.64 Å². The van der Waals surface area contributed by atoms with Gasteiger partial charge in [-0.3, -0.25) is 24.0 Å². The Balaban J connectivity index is 1.61. The van der Waals surface area contributed by atoms with E-state index < -0.39 is 51.9 Å². The van der Waals surface area contributed by atoms with Gasteiger partial charge in [0.25, 0.3) is 5.91 Å². The molecule has 1 aliphatic carbocycles. The van der Waals surface area contributed by atoms with Crippen molar-refractivity contribution in [1.82, 2.24) is 9.80 Å². The van der Waals surface area contributed by atoms with Crippen molar-refractivity contribution in [3.63, 3.8) is 0 Å². The summed E-state index contributed by atoms with van der Waals surface area (Å²) < 4.78 is 30.0. The fourth-order valence-corrected chi connectivity index (χ4v) is 4.80. The van der Waals surface area contributed by atoms with E-state index in [0.717, 1.165) is 30.4 Å². The maximum atomic E-state index is 13.0. The Kier molecular flexibility index (Phi) is 6.59. The number of nitrogens with zero attached hydrogens (tertiary/aromatic N) is 2. The van der Waals surface area contributed by atoms with E-state index in [1.54, 1.807) is 7.05 Å². The SMILES string of the molecule is CC(OC(=O)CN1C(=O)N(C)C2(CCCCC2)C1=O)C(=O)c1ccc(NS(C)(=O)=O)cc1. The third-order valence-electron chi connectivity index (χ3n) is 5.92. The number of benzene rings is 1. The number of urea groups is 1. The summed E-state index contributed by atoms with van der Waals surface area (Å²) in [7, 11) is -1.87. The molecule has 1 heterocycles. The van der Waals surface area contributed by atoms with E-state index in [2.05, 4.69) is 4.72 Å². The molecule has 1 saturated heterocycles. The molecular weight excluding hydrogens is 438 g/mol.